The van der Waals surface area contributed by atoms with Gasteiger partial charge in [0.1, 0.15) is 0 Å². The number of thiophene rings is 1. The van der Waals surface area contributed by atoms with E-state index in [4.69, 9.17) is 16.5 Å². The third-order valence-electron chi connectivity index (χ3n) is 7.69. The maximum Gasteiger partial charge on any atom is 0.194 e. The second-order valence-corrected chi connectivity index (χ2v) is 11.2. The second kappa shape index (κ2) is 9.38. The first-order valence-corrected chi connectivity index (χ1v) is 14.3. The zero-order chi connectivity index (χ0) is 27.3. The number of nitrogens with zero attached hydrogens (tertiary/aromatic N) is 3. The Kier molecular flexibility index (Phi) is 5.38. The Hall–Kier alpha value is -5.37. The number of benzene rings is 5. The molecule has 190 valence electrons. The molecule has 3 aromatic heterocycles. The van der Waals surface area contributed by atoms with E-state index in [-0.39, 0.29) is 0 Å². The molecule has 0 bridgehead atoms. The molecule has 5 aromatic carbocycles. The van der Waals surface area contributed by atoms with Gasteiger partial charge in [-0.3, -0.25) is 0 Å². The largest absolute Gasteiger partial charge is 0.245 e. The molecule has 0 spiro atoms. The molecule has 0 aliphatic carbocycles. The molecular weight excluding hydrogens is 518 g/mol. The smallest absolute Gasteiger partial charge is 0.194 e. The van der Waals surface area contributed by atoms with Gasteiger partial charge in [-0.25, -0.2) is 14.8 Å². The molecule has 3 heterocycles. The molecule has 0 aliphatic rings. The van der Waals surface area contributed by atoms with Gasteiger partial charge in [-0.1, -0.05) is 97.1 Å². The Balaban J connectivity index is 1.33. The molecule has 0 fully saturated rings. The zero-order valence-electron chi connectivity index (χ0n) is 21.9. The predicted molar refractivity (Wildman–Crippen MR) is 173 cm³/mol. The average molecular weight is 540 g/mol. The predicted octanol–water partition coefficient (Wildman–Crippen LogP) is 10.7. The highest BCUT2D eigenvalue weighted by atomic mass is 32.1. The lowest BCUT2D eigenvalue weighted by atomic mass is 9.97. The molecule has 8 aromatic rings. The first-order valence-electron chi connectivity index (χ1n) is 13.5. The second-order valence-electron chi connectivity index (χ2n) is 10.1. The Morgan fingerprint density at radius 2 is 1.20 bits per heavy atom. The fourth-order valence-corrected chi connectivity index (χ4v) is 6.82. The SMILES string of the molecule is [C-]#[N+]c1ccccc1-c1cccc2sc3ccc(-c4ccc5ccc6ccc(-c7ccccc7)nc6c5n4)cc3c12. The Labute approximate surface area is 240 Å². The van der Waals surface area contributed by atoms with Crippen LogP contribution in [0.15, 0.2) is 127 Å². The van der Waals surface area contributed by atoms with Crippen molar-refractivity contribution in [2.24, 2.45) is 0 Å². The molecule has 41 heavy (non-hydrogen) atoms. The first kappa shape index (κ1) is 23.5. The first-order chi connectivity index (χ1) is 20.3. The highest BCUT2D eigenvalue weighted by Crippen LogP contribution is 2.43. The van der Waals surface area contributed by atoms with Gasteiger partial charge in [0.15, 0.2) is 5.69 Å². The van der Waals surface area contributed by atoms with Gasteiger partial charge in [0.2, 0.25) is 0 Å². The molecule has 8 rings (SSSR count). The summed E-state index contributed by atoms with van der Waals surface area (Å²) < 4.78 is 2.43. The van der Waals surface area contributed by atoms with Crippen LogP contribution in [0.4, 0.5) is 5.69 Å². The van der Waals surface area contributed by atoms with E-state index in [1.165, 1.54) is 20.2 Å². The topological polar surface area (TPSA) is 30.1 Å². The van der Waals surface area contributed by atoms with Crippen LogP contribution in [0.5, 0.6) is 0 Å². The lowest BCUT2D eigenvalue weighted by Gasteiger charge is -2.09. The number of hydrogen-bond donors (Lipinski definition) is 0. The molecule has 0 N–H and O–H groups in total. The van der Waals surface area contributed by atoms with Crippen molar-refractivity contribution < 1.29 is 0 Å². The van der Waals surface area contributed by atoms with Crippen LogP contribution in [-0.2, 0) is 0 Å². The highest BCUT2D eigenvalue weighted by molar-refractivity contribution is 7.26. The normalized spacial score (nSPS) is 11.4. The van der Waals surface area contributed by atoms with Crippen molar-refractivity contribution in [1.29, 1.82) is 0 Å². The van der Waals surface area contributed by atoms with E-state index in [2.05, 4.69) is 89.8 Å². The van der Waals surface area contributed by atoms with Gasteiger partial charge in [-0.15, -0.1) is 11.3 Å². The van der Waals surface area contributed by atoms with Crippen molar-refractivity contribution >= 4 is 59.0 Å². The van der Waals surface area contributed by atoms with Crippen LogP contribution in [0.1, 0.15) is 0 Å². The van der Waals surface area contributed by atoms with Crippen LogP contribution in [0.3, 0.4) is 0 Å². The number of aromatic nitrogens is 2. The summed E-state index contributed by atoms with van der Waals surface area (Å²) in [6.45, 7) is 7.71. The summed E-state index contributed by atoms with van der Waals surface area (Å²) in [5, 5.41) is 4.51. The van der Waals surface area contributed by atoms with Gasteiger partial charge in [-0.2, -0.15) is 0 Å². The minimum Gasteiger partial charge on any atom is -0.245 e. The van der Waals surface area contributed by atoms with Crippen LogP contribution >= 0.6 is 11.3 Å². The summed E-state index contributed by atoms with van der Waals surface area (Å²) in [5.74, 6) is 0. The van der Waals surface area contributed by atoms with E-state index < -0.39 is 0 Å². The van der Waals surface area contributed by atoms with E-state index >= 15 is 0 Å². The molecular formula is C37H21N3S. The van der Waals surface area contributed by atoms with Gasteiger partial charge in [0, 0.05) is 42.1 Å². The maximum atomic E-state index is 7.71. The number of hydrogen-bond acceptors (Lipinski definition) is 3. The molecule has 4 heteroatoms. The lowest BCUT2D eigenvalue weighted by Crippen LogP contribution is -1.91. The van der Waals surface area contributed by atoms with E-state index in [1.54, 1.807) is 11.3 Å². The van der Waals surface area contributed by atoms with Gasteiger partial charge >= 0.3 is 0 Å². The van der Waals surface area contributed by atoms with E-state index in [0.29, 0.717) is 5.69 Å². The average Bonchev–Trinajstić information content (AvgIpc) is 3.43. The van der Waals surface area contributed by atoms with Crippen LogP contribution < -0.4 is 0 Å². The van der Waals surface area contributed by atoms with Crippen molar-refractivity contribution in [1.82, 2.24) is 9.97 Å². The fourth-order valence-electron chi connectivity index (χ4n) is 5.71. The van der Waals surface area contributed by atoms with Crippen LogP contribution in [0.25, 0.3) is 80.5 Å². The van der Waals surface area contributed by atoms with Crippen molar-refractivity contribution in [2.75, 3.05) is 0 Å². The maximum absolute atomic E-state index is 7.71. The molecule has 0 unspecified atom stereocenters. The minimum absolute atomic E-state index is 0.668. The molecule has 0 radical (unpaired) electrons. The summed E-state index contributed by atoms with van der Waals surface area (Å²) in [5.41, 5.74) is 8.54. The van der Waals surface area contributed by atoms with Gasteiger partial charge in [0.25, 0.3) is 0 Å². The molecule has 0 atom stereocenters. The Morgan fingerprint density at radius 3 is 1.95 bits per heavy atom. The van der Waals surface area contributed by atoms with Crippen LogP contribution in [-0.4, -0.2) is 9.97 Å². The number of pyridine rings is 2. The molecule has 0 saturated heterocycles. The molecule has 0 aliphatic heterocycles. The van der Waals surface area contributed by atoms with Crippen molar-refractivity contribution in [2.45, 2.75) is 0 Å². The van der Waals surface area contributed by atoms with Crippen molar-refractivity contribution in [3.63, 3.8) is 0 Å². The molecule has 0 saturated carbocycles. The zero-order valence-corrected chi connectivity index (χ0v) is 22.7. The monoisotopic (exact) mass is 539 g/mol. The third-order valence-corrected chi connectivity index (χ3v) is 8.83. The van der Waals surface area contributed by atoms with Crippen molar-refractivity contribution in [3.05, 3.63) is 139 Å². The van der Waals surface area contributed by atoms with Crippen molar-refractivity contribution in [3.8, 4) is 33.6 Å². The molecule has 3 nitrogen and oxygen atoms in total. The quantitative estimate of drug-likeness (QED) is 0.165. The standard InChI is InChI=1S/C37H21N3S/c1-38-32-12-6-5-10-27(32)28-11-7-13-34-35(28)29-22-26(18-21-33(29)41-34)31-20-17-25-15-14-24-16-19-30(23-8-3-2-4-9-23)39-36(24)37(25)40-31/h2-22H. The summed E-state index contributed by atoms with van der Waals surface area (Å²) in [6.07, 6.45) is 0. The summed E-state index contributed by atoms with van der Waals surface area (Å²) in [4.78, 5) is 14.1. The minimum atomic E-state index is 0.668. The summed E-state index contributed by atoms with van der Waals surface area (Å²) in [7, 11) is 0. The summed E-state index contributed by atoms with van der Waals surface area (Å²) >= 11 is 1.78. The number of fused-ring (bicyclic) bond motifs is 6. The fraction of sp³-hybridized carbons (Fsp3) is 0. The third kappa shape index (κ3) is 3.87. The van der Waals surface area contributed by atoms with E-state index in [9.17, 15) is 0 Å². The Morgan fingerprint density at radius 1 is 0.537 bits per heavy atom. The Bertz CT molecular complexity index is 2330. The van der Waals surface area contributed by atoms with Gasteiger partial charge in [-0.05, 0) is 41.5 Å². The van der Waals surface area contributed by atoms with Crippen LogP contribution in [0, 0.1) is 6.57 Å². The lowest BCUT2D eigenvalue weighted by molar-refractivity contribution is 1.37. The number of para-hydroxylation sites is 1. The highest BCUT2D eigenvalue weighted by Gasteiger charge is 2.15. The number of rotatable bonds is 3. The molecule has 0 amide bonds. The van der Waals surface area contributed by atoms with Gasteiger partial charge < -0.3 is 0 Å². The van der Waals surface area contributed by atoms with E-state index in [0.717, 1.165) is 55.4 Å². The van der Waals surface area contributed by atoms with E-state index in [1.807, 2.05) is 42.5 Å². The van der Waals surface area contributed by atoms with Gasteiger partial charge in [0.05, 0.1) is 29.0 Å². The summed E-state index contributed by atoms with van der Waals surface area (Å²) in [6, 6.07) is 43.8. The van der Waals surface area contributed by atoms with Crippen LogP contribution in [0.2, 0.25) is 0 Å².